The van der Waals surface area contributed by atoms with Gasteiger partial charge in [-0.15, -0.1) is 0 Å². The van der Waals surface area contributed by atoms with E-state index in [-0.39, 0.29) is 22.7 Å². The number of halogens is 1. The van der Waals surface area contributed by atoms with Gasteiger partial charge in [0.15, 0.2) is 0 Å². The van der Waals surface area contributed by atoms with E-state index < -0.39 is 21.7 Å². The predicted octanol–water partition coefficient (Wildman–Crippen LogP) is 1.69. The van der Waals surface area contributed by atoms with Crippen molar-refractivity contribution in [2.75, 3.05) is 10.5 Å². The third-order valence-electron chi connectivity index (χ3n) is 1.96. The van der Waals surface area contributed by atoms with Gasteiger partial charge >= 0.3 is 5.97 Å². The van der Waals surface area contributed by atoms with E-state index >= 15 is 0 Å². The number of nitrogens with zero attached hydrogens (tertiary/aromatic N) is 1. The summed E-state index contributed by atoms with van der Waals surface area (Å²) in [5.74, 6) is -1.69. The van der Waals surface area contributed by atoms with Crippen LogP contribution < -0.4 is 4.72 Å². The molecule has 2 N–H and O–H groups in total. The molecule has 0 unspecified atom stereocenters. The first kappa shape index (κ1) is 14.3. The smallest absolute Gasteiger partial charge is 0.337 e. The summed E-state index contributed by atoms with van der Waals surface area (Å²) < 4.78 is 25.2. The fourth-order valence-corrected chi connectivity index (χ4v) is 2.33. The number of sulfonamides is 1. The van der Waals surface area contributed by atoms with Gasteiger partial charge in [-0.05, 0) is 18.2 Å². The molecule has 1 aromatic carbocycles. The molecule has 0 radical (unpaired) electrons. The zero-order valence-corrected chi connectivity index (χ0v) is 10.6. The number of hydrogen-bond acceptors (Lipinski definition) is 4. The molecular formula is C10H9ClN2O4S. The molecule has 0 fully saturated rings. The van der Waals surface area contributed by atoms with Gasteiger partial charge in [-0.1, -0.05) is 11.6 Å². The number of aromatic carboxylic acids is 1. The van der Waals surface area contributed by atoms with E-state index in [9.17, 15) is 13.2 Å². The minimum atomic E-state index is -3.74. The first-order valence-electron chi connectivity index (χ1n) is 4.76. The Morgan fingerprint density at radius 3 is 2.72 bits per heavy atom. The van der Waals surface area contributed by atoms with E-state index in [0.717, 1.165) is 6.07 Å². The van der Waals surface area contributed by atoms with Crippen molar-refractivity contribution < 1.29 is 18.3 Å². The van der Waals surface area contributed by atoms with Crippen LogP contribution in [0, 0.1) is 11.3 Å². The van der Waals surface area contributed by atoms with Crippen molar-refractivity contribution in [3.8, 4) is 6.07 Å². The number of rotatable bonds is 5. The van der Waals surface area contributed by atoms with Gasteiger partial charge in [0.1, 0.15) is 0 Å². The molecule has 0 atom stereocenters. The van der Waals surface area contributed by atoms with Crippen LogP contribution in [0.15, 0.2) is 18.2 Å². The van der Waals surface area contributed by atoms with Crippen LogP contribution in [0.5, 0.6) is 0 Å². The molecule has 8 heteroatoms. The molecule has 1 rings (SSSR count). The van der Waals surface area contributed by atoms with Crippen molar-refractivity contribution in [1.29, 1.82) is 5.26 Å². The van der Waals surface area contributed by atoms with Crippen LogP contribution in [0.2, 0.25) is 5.02 Å². The van der Waals surface area contributed by atoms with Gasteiger partial charge in [0.25, 0.3) is 0 Å². The van der Waals surface area contributed by atoms with Crippen molar-refractivity contribution >= 4 is 33.3 Å². The van der Waals surface area contributed by atoms with E-state index in [0.29, 0.717) is 0 Å². The molecule has 0 amide bonds. The van der Waals surface area contributed by atoms with E-state index in [1.54, 1.807) is 6.07 Å². The van der Waals surface area contributed by atoms with Crippen molar-refractivity contribution in [3.05, 3.63) is 28.8 Å². The highest BCUT2D eigenvalue weighted by molar-refractivity contribution is 7.92. The summed E-state index contributed by atoms with van der Waals surface area (Å²) in [4.78, 5) is 10.9. The van der Waals surface area contributed by atoms with Gasteiger partial charge in [-0.2, -0.15) is 5.26 Å². The third-order valence-corrected chi connectivity index (χ3v) is 3.47. The summed E-state index contributed by atoms with van der Waals surface area (Å²) in [6, 6.07) is 5.48. The van der Waals surface area contributed by atoms with Gasteiger partial charge in [0, 0.05) is 5.02 Å². The first-order chi connectivity index (χ1) is 8.35. The van der Waals surface area contributed by atoms with Gasteiger partial charge in [0.05, 0.1) is 29.5 Å². The Balaban J connectivity index is 3.05. The number of carboxylic acids is 1. The molecule has 0 aliphatic carbocycles. The van der Waals surface area contributed by atoms with Crippen LogP contribution in [0.25, 0.3) is 0 Å². The molecule has 0 saturated heterocycles. The van der Waals surface area contributed by atoms with Crippen LogP contribution >= 0.6 is 11.6 Å². The summed E-state index contributed by atoms with van der Waals surface area (Å²) >= 11 is 5.63. The number of hydrogen-bond donors (Lipinski definition) is 2. The summed E-state index contributed by atoms with van der Waals surface area (Å²) in [5.41, 5.74) is -0.326. The summed E-state index contributed by atoms with van der Waals surface area (Å²) in [5, 5.41) is 17.4. The molecule has 96 valence electrons. The average molecular weight is 289 g/mol. The molecule has 18 heavy (non-hydrogen) atoms. The number of carbonyl (C=O) groups is 1. The molecule has 0 saturated carbocycles. The van der Waals surface area contributed by atoms with Gasteiger partial charge in [-0.25, -0.2) is 13.2 Å². The molecule has 0 aliphatic heterocycles. The fraction of sp³-hybridized carbons (Fsp3) is 0.200. The van der Waals surface area contributed by atoms with Gasteiger partial charge in [-0.3, -0.25) is 4.72 Å². The monoisotopic (exact) mass is 288 g/mol. The standard InChI is InChI=1S/C10H9ClN2O4S/c11-7-2-3-9(8(6-7)10(14)15)13-18(16,17)5-1-4-12/h2-3,6,13H,1,5H2,(H,14,15). The summed E-state index contributed by atoms with van der Waals surface area (Å²) in [6.07, 6.45) is -0.175. The lowest BCUT2D eigenvalue weighted by Gasteiger charge is -2.09. The number of benzene rings is 1. The quantitative estimate of drug-likeness (QED) is 0.857. The summed E-state index contributed by atoms with van der Waals surface area (Å²) in [6.45, 7) is 0. The van der Waals surface area contributed by atoms with Crippen LogP contribution in [0.3, 0.4) is 0 Å². The second kappa shape index (κ2) is 5.71. The highest BCUT2D eigenvalue weighted by atomic mass is 35.5. The molecule has 0 bridgehead atoms. The zero-order chi connectivity index (χ0) is 13.8. The SMILES string of the molecule is N#CCCS(=O)(=O)Nc1ccc(Cl)cc1C(=O)O. The van der Waals surface area contributed by atoms with Gasteiger partial charge in [0.2, 0.25) is 10.0 Å². The molecule has 1 aromatic rings. The molecule has 6 nitrogen and oxygen atoms in total. The van der Waals surface area contributed by atoms with Gasteiger partial charge < -0.3 is 5.11 Å². The fourth-order valence-electron chi connectivity index (χ4n) is 1.18. The normalized spacial score (nSPS) is 10.7. The molecule has 0 aromatic heterocycles. The number of carboxylic acid groups (broad SMARTS) is 1. The Morgan fingerprint density at radius 1 is 1.50 bits per heavy atom. The highest BCUT2D eigenvalue weighted by Crippen LogP contribution is 2.21. The van der Waals surface area contributed by atoms with E-state index in [1.165, 1.54) is 12.1 Å². The van der Waals surface area contributed by atoms with E-state index in [2.05, 4.69) is 4.72 Å². The molecule has 0 heterocycles. The zero-order valence-electron chi connectivity index (χ0n) is 9.05. The first-order valence-corrected chi connectivity index (χ1v) is 6.79. The van der Waals surface area contributed by atoms with Crippen molar-refractivity contribution in [3.63, 3.8) is 0 Å². The number of anilines is 1. The number of nitrogens with one attached hydrogen (secondary N) is 1. The van der Waals surface area contributed by atoms with E-state index in [1.807, 2.05) is 0 Å². The average Bonchev–Trinajstić information content (AvgIpc) is 2.28. The maximum absolute atomic E-state index is 11.5. The van der Waals surface area contributed by atoms with Crippen LogP contribution in [0.4, 0.5) is 5.69 Å². The molecule has 0 spiro atoms. The largest absolute Gasteiger partial charge is 0.478 e. The van der Waals surface area contributed by atoms with Crippen molar-refractivity contribution in [2.45, 2.75) is 6.42 Å². The van der Waals surface area contributed by atoms with Crippen LogP contribution in [0.1, 0.15) is 16.8 Å². The minimum absolute atomic E-state index is 0.0789. The van der Waals surface area contributed by atoms with Crippen molar-refractivity contribution in [1.82, 2.24) is 0 Å². The third kappa shape index (κ3) is 3.91. The van der Waals surface area contributed by atoms with Crippen LogP contribution in [-0.2, 0) is 10.0 Å². The lowest BCUT2D eigenvalue weighted by molar-refractivity contribution is 0.0698. The minimum Gasteiger partial charge on any atom is -0.478 e. The topological polar surface area (TPSA) is 107 Å². The Hall–Kier alpha value is -1.78. The maximum atomic E-state index is 11.5. The number of nitriles is 1. The molecule has 0 aliphatic rings. The lowest BCUT2D eigenvalue weighted by atomic mass is 10.2. The Labute approximate surface area is 109 Å². The van der Waals surface area contributed by atoms with Crippen molar-refractivity contribution in [2.24, 2.45) is 0 Å². The highest BCUT2D eigenvalue weighted by Gasteiger charge is 2.16. The second-order valence-corrected chi connectivity index (χ2v) is 5.60. The summed E-state index contributed by atoms with van der Waals surface area (Å²) in [7, 11) is -3.74. The Morgan fingerprint density at radius 2 is 2.17 bits per heavy atom. The van der Waals surface area contributed by atoms with E-state index in [4.69, 9.17) is 22.0 Å². The second-order valence-electron chi connectivity index (χ2n) is 3.32. The maximum Gasteiger partial charge on any atom is 0.337 e. The Kier molecular flexibility index (Phi) is 4.53. The van der Waals surface area contributed by atoms with Crippen LogP contribution in [-0.4, -0.2) is 25.2 Å². The molecular weight excluding hydrogens is 280 g/mol. The lowest BCUT2D eigenvalue weighted by Crippen LogP contribution is -2.18. The Bertz CT molecular complexity index is 607. The predicted molar refractivity (Wildman–Crippen MR) is 66.1 cm³/mol.